The van der Waals surface area contributed by atoms with Crippen molar-refractivity contribution in [1.82, 2.24) is 4.90 Å². The van der Waals surface area contributed by atoms with Gasteiger partial charge in [-0.05, 0) is 24.5 Å². The van der Waals surface area contributed by atoms with Crippen LogP contribution < -0.4 is 0 Å². The highest BCUT2D eigenvalue weighted by Crippen LogP contribution is 2.28. The third-order valence-corrected chi connectivity index (χ3v) is 3.00. The van der Waals surface area contributed by atoms with Crippen molar-refractivity contribution in [1.29, 1.82) is 0 Å². The minimum absolute atomic E-state index is 0.108. The Morgan fingerprint density at radius 1 is 1.53 bits per heavy atom. The summed E-state index contributed by atoms with van der Waals surface area (Å²) in [6, 6.07) is 3.87. The van der Waals surface area contributed by atoms with Crippen LogP contribution in [-0.2, 0) is 11.3 Å². The molecule has 0 aliphatic heterocycles. The molecule has 1 aliphatic carbocycles. The fraction of sp³-hybridized carbons (Fsp3) is 0.417. The Bertz CT molecular complexity index is 516. The molecule has 102 valence electrons. The molecule has 1 aromatic carbocycles. The second-order valence-electron chi connectivity index (χ2n) is 4.57. The topological polar surface area (TPSA) is 83.7 Å². The van der Waals surface area contributed by atoms with Gasteiger partial charge in [-0.2, -0.15) is 4.39 Å². The van der Waals surface area contributed by atoms with Crippen molar-refractivity contribution in [2.45, 2.75) is 25.4 Å². The molecular formula is C12H13FN2O4. The number of rotatable bonds is 6. The molecule has 1 aromatic rings. The van der Waals surface area contributed by atoms with Gasteiger partial charge in [-0.15, -0.1) is 0 Å². The van der Waals surface area contributed by atoms with E-state index in [1.165, 1.54) is 6.07 Å². The number of nitro groups is 1. The van der Waals surface area contributed by atoms with Crippen molar-refractivity contribution in [3.63, 3.8) is 0 Å². The van der Waals surface area contributed by atoms with Gasteiger partial charge in [-0.1, -0.05) is 6.07 Å². The third-order valence-electron chi connectivity index (χ3n) is 3.00. The maximum Gasteiger partial charge on any atom is 0.317 e. The minimum atomic E-state index is -0.936. The standard InChI is InChI=1S/C12H13FN2O4/c13-10-5-8(1-4-11(10)15(18)19)6-14(7-12(16)17)9-2-3-9/h1,4-5,9H,2-3,6-7H2,(H,16,17). The number of benzene rings is 1. The molecule has 0 atom stereocenters. The first-order valence-electron chi connectivity index (χ1n) is 5.86. The van der Waals surface area contributed by atoms with E-state index in [2.05, 4.69) is 0 Å². The Morgan fingerprint density at radius 2 is 2.21 bits per heavy atom. The SMILES string of the molecule is O=C(O)CN(Cc1ccc([N+](=O)[O-])c(F)c1)C1CC1. The predicted molar refractivity (Wildman–Crippen MR) is 64.1 cm³/mol. The highest BCUT2D eigenvalue weighted by molar-refractivity contribution is 5.69. The smallest absolute Gasteiger partial charge is 0.317 e. The van der Waals surface area contributed by atoms with Crippen LogP contribution in [0.25, 0.3) is 0 Å². The molecule has 0 unspecified atom stereocenters. The van der Waals surface area contributed by atoms with Crippen LogP contribution in [0.4, 0.5) is 10.1 Å². The first-order valence-corrected chi connectivity index (χ1v) is 5.86. The van der Waals surface area contributed by atoms with E-state index in [0.717, 1.165) is 25.0 Å². The lowest BCUT2D eigenvalue weighted by molar-refractivity contribution is -0.387. The average molecular weight is 268 g/mol. The van der Waals surface area contributed by atoms with Crippen molar-refractivity contribution in [3.8, 4) is 0 Å². The maximum absolute atomic E-state index is 13.5. The summed E-state index contributed by atoms with van der Waals surface area (Å²) >= 11 is 0. The second kappa shape index (κ2) is 5.31. The molecule has 0 aromatic heterocycles. The minimum Gasteiger partial charge on any atom is -0.480 e. The number of carboxylic acid groups (broad SMARTS) is 1. The van der Waals surface area contributed by atoms with E-state index in [1.807, 2.05) is 0 Å². The Morgan fingerprint density at radius 3 is 2.68 bits per heavy atom. The monoisotopic (exact) mass is 268 g/mol. The van der Waals surface area contributed by atoms with Crippen LogP contribution in [0.15, 0.2) is 18.2 Å². The Kier molecular flexibility index (Phi) is 3.75. The van der Waals surface area contributed by atoms with E-state index in [0.29, 0.717) is 5.56 Å². The average Bonchev–Trinajstić information content (AvgIpc) is 3.10. The summed E-state index contributed by atoms with van der Waals surface area (Å²) in [6.45, 7) is 0.176. The molecule has 0 bridgehead atoms. The number of carboxylic acids is 1. The summed E-state index contributed by atoms with van der Waals surface area (Å²) < 4.78 is 13.5. The second-order valence-corrected chi connectivity index (χ2v) is 4.57. The zero-order valence-electron chi connectivity index (χ0n) is 10.1. The zero-order chi connectivity index (χ0) is 14.0. The molecule has 7 heteroatoms. The molecule has 0 spiro atoms. The van der Waals surface area contributed by atoms with Crippen LogP contribution in [0, 0.1) is 15.9 Å². The predicted octanol–water partition coefficient (Wildman–Crippen LogP) is 1.78. The lowest BCUT2D eigenvalue weighted by atomic mass is 10.2. The van der Waals surface area contributed by atoms with Crippen LogP contribution in [0.1, 0.15) is 18.4 Å². The van der Waals surface area contributed by atoms with E-state index in [9.17, 15) is 19.3 Å². The van der Waals surface area contributed by atoms with E-state index >= 15 is 0 Å². The number of halogens is 1. The van der Waals surface area contributed by atoms with E-state index < -0.39 is 22.4 Å². The number of hydrogen-bond donors (Lipinski definition) is 1. The van der Waals surface area contributed by atoms with E-state index in [-0.39, 0.29) is 19.1 Å². The van der Waals surface area contributed by atoms with Gasteiger partial charge in [0.1, 0.15) is 0 Å². The fourth-order valence-electron chi connectivity index (χ4n) is 1.96. The first-order chi connectivity index (χ1) is 8.97. The molecule has 1 N–H and O–H groups in total. The van der Waals surface area contributed by atoms with Crippen LogP contribution >= 0.6 is 0 Å². The highest BCUT2D eigenvalue weighted by atomic mass is 19.1. The normalized spacial score (nSPS) is 14.6. The highest BCUT2D eigenvalue weighted by Gasteiger charge is 2.30. The summed E-state index contributed by atoms with van der Waals surface area (Å²) in [5.74, 6) is -1.83. The Balaban J connectivity index is 2.11. The molecule has 0 heterocycles. The molecule has 6 nitrogen and oxygen atoms in total. The zero-order valence-corrected chi connectivity index (χ0v) is 10.1. The number of carbonyl (C=O) groups is 1. The van der Waals surface area contributed by atoms with Crippen molar-refractivity contribution in [3.05, 3.63) is 39.7 Å². The number of nitrogens with zero attached hydrogens (tertiary/aromatic N) is 2. The van der Waals surface area contributed by atoms with Gasteiger partial charge in [0, 0.05) is 18.7 Å². The van der Waals surface area contributed by atoms with Gasteiger partial charge in [0.25, 0.3) is 0 Å². The molecule has 19 heavy (non-hydrogen) atoms. The Labute approximate surface area is 108 Å². The first kappa shape index (κ1) is 13.4. The summed E-state index contributed by atoms with van der Waals surface area (Å²) in [7, 11) is 0. The molecular weight excluding hydrogens is 255 g/mol. The summed E-state index contributed by atoms with van der Waals surface area (Å²) in [5, 5.41) is 19.3. The summed E-state index contributed by atoms with van der Waals surface area (Å²) in [4.78, 5) is 22.2. The van der Waals surface area contributed by atoms with Crippen LogP contribution in [-0.4, -0.2) is 33.5 Å². The molecule has 0 radical (unpaired) electrons. The van der Waals surface area contributed by atoms with Gasteiger partial charge >= 0.3 is 11.7 Å². The lowest BCUT2D eigenvalue weighted by Crippen LogP contribution is -2.31. The molecule has 0 amide bonds. The van der Waals surface area contributed by atoms with Crippen molar-refractivity contribution < 1.29 is 19.2 Å². The summed E-state index contributed by atoms with van der Waals surface area (Å²) in [5.41, 5.74) is -0.0313. The van der Waals surface area contributed by atoms with Gasteiger partial charge in [0.05, 0.1) is 11.5 Å². The van der Waals surface area contributed by atoms with Gasteiger partial charge in [0.2, 0.25) is 5.82 Å². The molecule has 1 fully saturated rings. The van der Waals surface area contributed by atoms with Crippen LogP contribution in [0.5, 0.6) is 0 Å². The van der Waals surface area contributed by atoms with Crippen molar-refractivity contribution in [2.24, 2.45) is 0 Å². The number of hydrogen-bond acceptors (Lipinski definition) is 4. The molecule has 0 saturated heterocycles. The van der Waals surface area contributed by atoms with E-state index in [4.69, 9.17) is 5.11 Å². The quantitative estimate of drug-likeness (QED) is 0.628. The molecule has 2 rings (SSSR count). The molecule has 1 aliphatic rings. The maximum atomic E-state index is 13.5. The van der Waals surface area contributed by atoms with Gasteiger partial charge in [-0.25, -0.2) is 0 Å². The van der Waals surface area contributed by atoms with Crippen molar-refractivity contribution >= 4 is 11.7 Å². The van der Waals surface area contributed by atoms with Crippen LogP contribution in [0.3, 0.4) is 0 Å². The lowest BCUT2D eigenvalue weighted by Gasteiger charge is -2.19. The van der Waals surface area contributed by atoms with Gasteiger partial charge in [0.15, 0.2) is 0 Å². The summed E-state index contributed by atoms with van der Waals surface area (Å²) in [6.07, 6.45) is 1.87. The largest absolute Gasteiger partial charge is 0.480 e. The fourth-order valence-corrected chi connectivity index (χ4v) is 1.96. The number of aliphatic carboxylic acids is 1. The van der Waals surface area contributed by atoms with Crippen LogP contribution in [0.2, 0.25) is 0 Å². The van der Waals surface area contributed by atoms with Gasteiger partial charge in [-0.3, -0.25) is 19.8 Å². The molecule has 1 saturated carbocycles. The van der Waals surface area contributed by atoms with Gasteiger partial charge < -0.3 is 5.11 Å². The number of nitro benzene ring substituents is 1. The van der Waals surface area contributed by atoms with Crippen molar-refractivity contribution in [2.75, 3.05) is 6.54 Å². The van der Waals surface area contributed by atoms with E-state index in [1.54, 1.807) is 4.90 Å². The third kappa shape index (κ3) is 3.47. The Hall–Kier alpha value is -2.02.